The minimum absolute atomic E-state index is 0. The van der Waals surface area contributed by atoms with Gasteiger partial charge in [0, 0.05) is 14.9 Å². The standard InChI is InChI=1S/C24H34N2O.H2/c1-17(27)25-23-8-9-24(22-5-3-2-4-21(22)23)10-12-26(13-11-24)16-20-15-18-6-7-19(20)14-18;/h2-5,18-20,23H,6-16H2,1H3,(H,25,27);1H/t18?,19?,20?,23-;/m0./s1. The molecule has 1 aromatic rings. The first kappa shape index (κ1) is 17.7. The van der Waals surface area contributed by atoms with Crippen LogP contribution in [0.4, 0.5) is 0 Å². The zero-order valence-electron chi connectivity index (χ0n) is 16.8. The summed E-state index contributed by atoms with van der Waals surface area (Å²) in [4.78, 5) is 14.4. The highest BCUT2D eigenvalue weighted by atomic mass is 16.1. The second-order valence-electron chi connectivity index (χ2n) is 9.89. The third-order valence-corrected chi connectivity index (χ3v) is 8.39. The lowest BCUT2D eigenvalue weighted by molar-refractivity contribution is -0.119. The molecule has 2 saturated carbocycles. The Kier molecular flexibility index (Phi) is 4.54. The number of piperidine rings is 1. The minimum atomic E-state index is 0. The molecule has 1 heterocycles. The van der Waals surface area contributed by atoms with Crippen molar-refractivity contribution in [2.75, 3.05) is 19.6 Å². The van der Waals surface area contributed by atoms with Crippen molar-refractivity contribution in [2.24, 2.45) is 17.8 Å². The first-order valence-corrected chi connectivity index (χ1v) is 11.2. The van der Waals surface area contributed by atoms with Crippen LogP contribution in [0.15, 0.2) is 24.3 Å². The summed E-state index contributed by atoms with van der Waals surface area (Å²) in [5, 5.41) is 3.18. The van der Waals surface area contributed by atoms with Crippen LogP contribution < -0.4 is 5.32 Å². The molecular weight excluding hydrogens is 332 g/mol. The van der Waals surface area contributed by atoms with E-state index in [1.807, 2.05) is 0 Å². The molecule has 1 amide bonds. The molecular formula is C24H36N2O. The molecule has 5 rings (SSSR count). The Morgan fingerprint density at radius 3 is 2.67 bits per heavy atom. The van der Waals surface area contributed by atoms with Crippen molar-refractivity contribution in [3.8, 4) is 0 Å². The number of benzene rings is 1. The number of rotatable bonds is 3. The summed E-state index contributed by atoms with van der Waals surface area (Å²) in [5.74, 6) is 3.18. The fourth-order valence-corrected chi connectivity index (χ4v) is 7.00. The molecule has 3 fully saturated rings. The van der Waals surface area contributed by atoms with E-state index in [-0.39, 0.29) is 13.4 Å². The summed E-state index contributed by atoms with van der Waals surface area (Å²) in [6.07, 6.45) is 10.9. The van der Waals surface area contributed by atoms with E-state index in [1.165, 1.54) is 75.7 Å². The van der Waals surface area contributed by atoms with Crippen LogP contribution in [0.5, 0.6) is 0 Å². The van der Waals surface area contributed by atoms with E-state index in [1.54, 1.807) is 6.92 Å². The number of fused-ring (bicyclic) bond motifs is 4. The number of carbonyl (C=O) groups is 1. The van der Waals surface area contributed by atoms with Gasteiger partial charge in [-0.1, -0.05) is 30.7 Å². The fraction of sp³-hybridized carbons (Fsp3) is 0.708. The summed E-state index contributed by atoms with van der Waals surface area (Å²) < 4.78 is 0. The molecule has 148 valence electrons. The van der Waals surface area contributed by atoms with Crippen molar-refractivity contribution < 1.29 is 6.22 Å². The molecule has 1 saturated heterocycles. The molecule has 3 unspecified atom stereocenters. The minimum Gasteiger partial charge on any atom is -0.350 e. The van der Waals surface area contributed by atoms with Crippen LogP contribution in [-0.4, -0.2) is 30.4 Å². The highest BCUT2D eigenvalue weighted by Gasteiger charge is 2.44. The van der Waals surface area contributed by atoms with Crippen LogP contribution in [0.2, 0.25) is 0 Å². The second-order valence-corrected chi connectivity index (χ2v) is 9.89. The van der Waals surface area contributed by atoms with Gasteiger partial charge < -0.3 is 10.2 Å². The summed E-state index contributed by atoms with van der Waals surface area (Å²) in [5.41, 5.74) is 3.24. The van der Waals surface area contributed by atoms with Gasteiger partial charge in [-0.2, -0.15) is 0 Å². The van der Waals surface area contributed by atoms with Gasteiger partial charge in [0.2, 0.25) is 5.91 Å². The largest absolute Gasteiger partial charge is 0.350 e. The smallest absolute Gasteiger partial charge is 0.217 e. The average molecular weight is 369 g/mol. The molecule has 2 bridgehead atoms. The van der Waals surface area contributed by atoms with Gasteiger partial charge in [0.25, 0.3) is 0 Å². The molecule has 3 heteroatoms. The summed E-state index contributed by atoms with van der Waals surface area (Å²) >= 11 is 0. The molecule has 1 aliphatic heterocycles. The molecule has 27 heavy (non-hydrogen) atoms. The molecule has 4 atom stereocenters. The van der Waals surface area contributed by atoms with E-state index in [2.05, 4.69) is 34.5 Å². The van der Waals surface area contributed by atoms with Gasteiger partial charge >= 0.3 is 0 Å². The van der Waals surface area contributed by atoms with Crippen molar-refractivity contribution in [1.82, 2.24) is 10.2 Å². The van der Waals surface area contributed by atoms with E-state index in [9.17, 15) is 4.79 Å². The fourth-order valence-electron chi connectivity index (χ4n) is 7.00. The van der Waals surface area contributed by atoms with Gasteiger partial charge in [0.05, 0.1) is 6.04 Å². The van der Waals surface area contributed by atoms with Crippen LogP contribution in [0.1, 0.15) is 76.9 Å². The number of hydrogen-bond acceptors (Lipinski definition) is 2. The Bertz CT molecular complexity index is 712. The van der Waals surface area contributed by atoms with E-state index in [0.29, 0.717) is 5.41 Å². The average Bonchev–Trinajstić information content (AvgIpc) is 3.29. The zero-order chi connectivity index (χ0) is 18.4. The topological polar surface area (TPSA) is 32.3 Å². The number of nitrogens with zero attached hydrogens (tertiary/aromatic N) is 1. The number of likely N-dealkylation sites (tertiary alicyclic amines) is 1. The van der Waals surface area contributed by atoms with Crippen molar-refractivity contribution in [3.05, 3.63) is 35.4 Å². The number of nitrogens with one attached hydrogen (secondary N) is 1. The summed E-state index contributed by atoms with van der Waals surface area (Å²) in [6.45, 7) is 5.51. The Labute approximate surface area is 165 Å². The molecule has 0 radical (unpaired) electrons. The van der Waals surface area contributed by atoms with Gasteiger partial charge in [-0.25, -0.2) is 0 Å². The molecule has 1 spiro atoms. The highest BCUT2D eigenvalue weighted by Crippen LogP contribution is 2.50. The molecule has 1 N–H and O–H groups in total. The van der Waals surface area contributed by atoms with E-state index >= 15 is 0 Å². The lowest BCUT2D eigenvalue weighted by atomic mass is 9.63. The van der Waals surface area contributed by atoms with Crippen LogP contribution in [0.25, 0.3) is 0 Å². The van der Waals surface area contributed by atoms with Gasteiger partial charge in [-0.15, -0.1) is 0 Å². The van der Waals surface area contributed by atoms with Crippen LogP contribution in [0.3, 0.4) is 0 Å². The van der Waals surface area contributed by atoms with Crippen molar-refractivity contribution in [1.29, 1.82) is 0 Å². The van der Waals surface area contributed by atoms with Gasteiger partial charge in [-0.05, 0) is 92.3 Å². The summed E-state index contributed by atoms with van der Waals surface area (Å²) in [7, 11) is 0. The van der Waals surface area contributed by atoms with Crippen LogP contribution in [0, 0.1) is 17.8 Å². The zero-order valence-corrected chi connectivity index (χ0v) is 16.8. The van der Waals surface area contributed by atoms with Crippen LogP contribution >= 0.6 is 0 Å². The predicted octanol–water partition coefficient (Wildman–Crippen LogP) is 4.67. The van der Waals surface area contributed by atoms with Crippen molar-refractivity contribution in [2.45, 2.75) is 69.7 Å². The van der Waals surface area contributed by atoms with Gasteiger partial charge in [-0.3, -0.25) is 4.79 Å². The SMILES string of the molecule is CC(=O)N[C@H]1CCC2(CCN(CC3CC4CCC3C4)CC2)c2ccccc21.[HH]. The molecule has 0 aromatic heterocycles. The normalized spacial score (nSPS) is 34.6. The Morgan fingerprint density at radius 2 is 1.96 bits per heavy atom. The maximum Gasteiger partial charge on any atom is 0.217 e. The van der Waals surface area contributed by atoms with Gasteiger partial charge in [0.15, 0.2) is 0 Å². The molecule has 4 aliphatic rings. The first-order chi connectivity index (χ1) is 13.1. The predicted molar refractivity (Wildman–Crippen MR) is 111 cm³/mol. The summed E-state index contributed by atoms with van der Waals surface area (Å²) in [6, 6.07) is 9.12. The Hall–Kier alpha value is -1.35. The lowest BCUT2D eigenvalue weighted by Crippen LogP contribution is -2.47. The number of hydrogen-bond donors (Lipinski definition) is 1. The highest BCUT2D eigenvalue weighted by molar-refractivity contribution is 5.73. The van der Waals surface area contributed by atoms with Crippen LogP contribution in [-0.2, 0) is 10.2 Å². The third-order valence-electron chi connectivity index (χ3n) is 8.39. The molecule has 3 aliphatic carbocycles. The lowest BCUT2D eigenvalue weighted by Gasteiger charge is -2.48. The van der Waals surface area contributed by atoms with Crippen molar-refractivity contribution in [3.63, 3.8) is 0 Å². The maximum absolute atomic E-state index is 11.6. The van der Waals surface area contributed by atoms with Gasteiger partial charge in [0.1, 0.15) is 0 Å². The van der Waals surface area contributed by atoms with E-state index < -0.39 is 0 Å². The third kappa shape index (κ3) is 3.22. The van der Waals surface area contributed by atoms with Crippen molar-refractivity contribution >= 4 is 5.91 Å². The first-order valence-electron chi connectivity index (χ1n) is 11.2. The molecule has 1 aromatic carbocycles. The van der Waals surface area contributed by atoms with E-state index in [0.717, 1.165) is 24.2 Å². The molecule has 3 nitrogen and oxygen atoms in total. The second kappa shape index (κ2) is 6.92. The Balaban J connectivity index is 0.00000192. The number of amides is 1. The Morgan fingerprint density at radius 1 is 1.15 bits per heavy atom. The van der Waals surface area contributed by atoms with E-state index in [4.69, 9.17) is 0 Å². The number of carbonyl (C=O) groups excluding carboxylic acids is 1. The maximum atomic E-state index is 11.6. The monoisotopic (exact) mass is 368 g/mol. The quantitative estimate of drug-likeness (QED) is 0.840.